The molecule has 0 bridgehead atoms. The average Bonchev–Trinajstić information content (AvgIpc) is 2.47. The van der Waals surface area contributed by atoms with E-state index in [-0.39, 0.29) is 0 Å². The van der Waals surface area contributed by atoms with Gasteiger partial charge in [-0.05, 0) is 24.0 Å². The molecule has 0 spiro atoms. The summed E-state index contributed by atoms with van der Waals surface area (Å²) in [6.07, 6.45) is 1.26. The van der Waals surface area contributed by atoms with Crippen LogP contribution in [-0.2, 0) is 12.8 Å². The molecule has 0 fully saturated rings. The molecule has 0 amide bonds. The molecule has 2 aromatic rings. The molecule has 2 aromatic carbocycles. The van der Waals surface area contributed by atoms with E-state index in [1.54, 1.807) is 0 Å². The zero-order valence-electron chi connectivity index (χ0n) is 11.8. The molecule has 0 unspecified atom stereocenters. The number of halogens is 2. The quantitative estimate of drug-likeness (QED) is 0.631. The summed E-state index contributed by atoms with van der Waals surface area (Å²) in [7, 11) is 0. The van der Waals surface area contributed by atoms with Crippen LogP contribution in [0.4, 0.5) is 0 Å². The summed E-state index contributed by atoms with van der Waals surface area (Å²) >= 11 is 12.6. The highest BCUT2D eigenvalue weighted by Gasteiger charge is 2.45. The third-order valence-corrected chi connectivity index (χ3v) is 4.67. The van der Waals surface area contributed by atoms with E-state index in [0.29, 0.717) is 19.4 Å². The van der Waals surface area contributed by atoms with Crippen LogP contribution < -0.4 is 11.5 Å². The van der Waals surface area contributed by atoms with Crippen molar-refractivity contribution in [3.05, 3.63) is 71.8 Å². The minimum atomic E-state index is -1.41. The maximum absolute atomic E-state index is 6.32. The van der Waals surface area contributed by atoms with Gasteiger partial charge in [-0.3, -0.25) is 5.73 Å². The molecule has 0 aromatic heterocycles. The fraction of sp³-hybridized carbons (Fsp3) is 0.294. The second kappa shape index (κ2) is 6.80. The molecule has 21 heavy (non-hydrogen) atoms. The molecule has 0 saturated heterocycles. The molecule has 0 saturated carbocycles. The van der Waals surface area contributed by atoms with E-state index in [0.717, 1.165) is 11.1 Å². The van der Waals surface area contributed by atoms with Gasteiger partial charge in [-0.1, -0.05) is 83.9 Å². The van der Waals surface area contributed by atoms with Gasteiger partial charge in [0, 0.05) is 12.0 Å². The second-order valence-corrected chi connectivity index (χ2v) is 6.82. The molecular formula is C17H20Cl2N2. The van der Waals surface area contributed by atoms with E-state index >= 15 is 0 Å². The molecule has 0 radical (unpaired) electrons. The predicted molar refractivity (Wildman–Crippen MR) is 90.4 cm³/mol. The van der Waals surface area contributed by atoms with E-state index in [4.69, 9.17) is 34.7 Å². The van der Waals surface area contributed by atoms with Crippen LogP contribution in [0.25, 0.3) is 0 Å². The number of rotatable bonds is 6. The highest BCUT2D eigenvalue weighted by molar-refractivity contribution is 6.48. The van der Waals surface area contributed by atoms with Crippen molar-refractivity contribution in [3.8, 4) is 0 Å². The SMILES string of the molecule is NCC(Cc1ccccc1)(Cc1ccccc1)C(N)(Cl)Cl. The largest absolute Gasteiger partial charge is 0.330 e. The third kappa shape index (κ3) is 3.98. The number of benzene rings is 2. The van der Waals surface area contributed by atoms with Crippen molar-refractivity contribution in [2.45, 2.75) is 17.3 Å². The Balaban J connectivity index is 2.34. The lowest BCUT2D eigenvalue weighted by atomic mass is 9.76. The van der Waals surface area contributed by atoms with Crippen LogP contribution in [0.2, 0.25) is 0 Å². The average molecular weight is 323 g/mol. The van der Waals surface area contributed by atoms with Crippen molar-refractivity contribution in [2.24, 2.45) is 16.9 Å². The summed E-state index contributed by atoms with van der Waals surface area (Å²) < 4.78 is -1.41. The highest BCUT2D eigenvalue weighted by Crippen LogP contribution is 2.41. The Morgan fingerprint density at radius 3 is 1.43 bits per heavy atom. The summed E-state index contributed by atoms with van der Waals surface area (Å²) in [5, 5.41) is 0. The topological polar surface area (TPSA) is 52.0 Å². The standard InChI is InChI=1S/C17H20Cl2N2/c18-17(19,21)16(13-20,11-14-7-3-1-4-8-14)12-15-9-5-2-6-10-15/h1-10H,11-13,20-21H2. The molecule has 0 heterocycles. The van der Waals surface area contributed by atoms with E-state index in [1.165, 1.54) is 0 Å². The molecule has 0 atom stereocenters. The zero-order chi connectivity index (χ0) is 15.3. The molecule has 2 nitrogen and oxygen atoms in total. The molecule has 0 aliphatic carbocycles. The monoisotopic (exact) mass is 322 g/mol. The Bertz CT molecular complexity index is 509. The number of alkyl halides is 2. The summed E-state index contributed by atoms with van der Waals surface area (Å²) in [5.74, 6) is 0. The second-order valence-electron chi connectivity index (χ2n) is 5.43. The lowest BCUT2D eigenvalue weighted by Gasteiger charge is -2.40. The van der Waals surface area contributed by atoms with Gasteiger partial charge in [0.1, 0.15) is 0 Å². The Morgan fingerprint density at radius 1 is 0.762 bits per heavy atom. The van der Waals surface area contributed by atoms with Crippen molar-refractivity contribution in [3.63, 3.8) is 0 Å². The van der Waals surface area contributed by atoms with Crippen molar-refractivity contribution in [1.29, 1.82) is 0 Å². The van der Waals surface area contributed by atoms with Crippen molar-refractivity contribution >= 4 is 23.2 Å². The summed E-state index contributed by atoms with van der Waals surface area (Å²) in [6.45, 7) is 0.306. The summed E-state index contributed by atoms with van der Waals surface area (Å²) in [4.78, 5) is 0. The van der Waals surface area contributed by atoms with Gasteiger partial charge >= 0.3 is 0 Å². The van der Waals surface area contributed by atoms with Gasteiger partial charge in [0.2, 0.25) is 0 Å². The fourth-order valence-corrected chi connectivity index (χ4v) is 2.97. The van der Waals surface area contributed by atoms with E-state index < -0.39 is 9.87 Å². The maximum atomic E-state index is 6.32. The lowest BCUT2D eigenvalue weighted by Crippen LogP contribution is -2.54. The van der Waals surface area contributed by atoms with Gasteiger partial charge in [0.15, 0.2) is 4.46 Å². The molecular weight excluding hydrogens is 303 g/mol. The first kappa shape index (κ1) is 16.3. The molecule has 0 aliphatic heterocycles. The number of hydrogen-bond donors (Lipinski definition) is 2. The molecule has 4 N–H and O–H groups in total. The van der Waals surface area contributed by atoms with E-state index in [9.17, 15) is 0 Å². The highest BCUT2D eigenvalue weighted by atomic mass is 35.5. The van der Waals surface area contributed by atoms with Gasteiger partial charge in [-0.2, -0.15) is 0 Å². The minimum Gasteiger partial charge on any atom is -0.330 e. The van der Waals surface area contributed by atoms with Crippen LogP contribution in [0.5, 0.6) is 0 Å². The summed E-state index contributed by atoms with van der Waals surface area (Å²) in [6, 6.07) is 20.0. The first-order valence-electron chi connectivity index (χ1n) is 6.91. The van der Waals surface area contributed by atoms with E-state index in [1.807, 2.05) is 60.7 Å². The molecule has 4 heteroatoms. The van der Waals surface area contributed by atoms with Crippen molar-refractivity contribution in [1.82, 2.24) is 0 Å². The molecule has 112 valence electrons. The molecule has 2 rings (SSSR count). The van der Waals surface area contributed by atoms with Crippen LogP contribution in [0.1, 0.15) is 11.1 Å². The van der Waals surface area contributed by atoms with Crippen LogP contribution in [-0.4, -0.2) is 11.0 Å². The first-order valence-corrected chi connectivity index (χ1v) is 7.67. The van der Waals surface area contributed by atoms with Gasteiger partial charge in [-0.15, -0.1) is 0 Å². The Morgan fingerprint density at radius 2 is 1.14 bits per heavy atom. The smallest absolute Gasteiger partial charge is 0.173 e. The Kier molecular flexibility index (Phi) is 5.28. The van der Waals surface area contributed by atoms with Gasteiger partial charge in [-0.25, -0.2) is 0 Å². The normalized spacial score (nSPS) is 12.4. The van der Waals surface area contributed by atoms with Crippen LogP contribution in [0.3, 0.4) is 0 Å². The first-order chi connectivity index (χ1) is 9.97. The van der Waals surface area contributed by atoms with Crippen LogP contribution in [0, 0.1) is 5.41 Å². The van der Waals surface area contributed by atoms with Gasteiger partial charge in [0.05, 0.1) is 0 Å². The van der Waals surface area contributed by atoms with Crippen LogP contribution in [0.15, 0.2) is 60.7 Å². The Labute approximate surface area is 136 Å². The van der Waals surface area contributed by atoms with Crippen LogP contribution >= 0.6 is 23.2 Å². The lowest BCUT2D eigenvalue weighted by molar-refractivity contribution is 0.254. The number of nitrogens with two attached hydrogens (primary N) is 2. The molecule has 0 aliphatic rings. The minimum absolute atomic E-state index is 0.306. The Hall–Kier alpha value is -1.06. The predicted octanol–water partition coefficient (Wildman–Crippen LogP) is 3.51. The van der Waals surface area contributed by atoms with Gasteiger partial charge < -0.3 is 5.73 Å². The maximum Gasteiger partial charge on any atom is 0.173 e. The number of hydrogen-bond acceptors (Lipinski definition) is 2. The van der Waals surface area contributed by atoms with E-state index in [2.05, 4.69) is 0 Å². The third-order valence-electron chi connectivity index (χ3n) is 3.87. The summed E-state index contributed by atoms with van der Waals surface area (Å²) in [5.41, 5.74) is 13.7. The zero-order valence-corrected chi connectivity index (χ0v) is 13.3. The van der Waals surface area contributed by atoms with Crippen molar-refractivity contribution in [2.75, 3.05) is 6.54 Å². The van der Waals surface area contributed by atoms with Crippen molar-refractivity contribution < 1.29 is 0 Å². The fourth-order valence-electron chi connectivity index (χ4n) is 2.55. The van der Waals surface area contributed by atoms with Gasteiger partial charge in [0.25, 0.3) is 0 Å².